The minimum atomic E-state index is -0.406. The van der Waals surface area contributed by atoms with Crippen LogP contribution in [0.3, 0.4) is 0 Å². The van der Waals surface area contributed by atoms with Crippen LogP contribution in [0.15, 0.2) is 57.4 Å². The van der Waals surface area contributed by atoms with Crippen LogP contribution in [0.2, 0.25) is 5.02 Å². The van der Waals surface area contributed by atoms with E-state index in [1.54, 1.807) is 24.3 Å². The molecular formula is C15H9BrClN3O2. The van der Waals surface area contributed by atoms with E-state index in [1.165, 1.54) is 0 Å². The molecule has 1 aromatic heterocycles. The van der Waals surface area contributed by atoms with E-state index in [0.717, 1.165) is 10.0 Å². The van der Waals surface area contributed by atoms with E-state index in [2.05, 4.69) is 31.4 Å². The maximum absolute atomic E-state index is 12.1. The maximum Gasteiger partial charge on any atom is 0.322 e. The Bertz CT molecular complexity index is 818. The number of rotatable bonds is 3. The van der Waals surface area contributed by atoms with Crippen LogP contribution in [0.4, 0.5) is 6.01 Å². The lowest BCUT2D eigenvalue weighted by Crippen LogP contribution is -2.12. The fourth-order valence-electron chi connectivity index (χ4n) is 1.79. The summed E-state index contributed by atoms with van der Waals surface area (Å²) in [4.78, 5) is 12.1. The van der Waals surface area contributed by atoms with Crippen LogP contribution in [0.25, 0.3) is 11.5 Å². The predicted molar refractivity (Wildman–Crippen MR) is 86.8 cm³/mol. The number of nitrogens with one attached hydrogen (secondary N) is 1. The molecule has 22 heavy (non-hydrogen) atoms. The fraction of sp³-hybridized carbons (Fsp3) is 0. The van der Waals surface area contributed by atoms with Gasteiger partial charge >= 0.3 is 6.01 Å². The third-order valence-electron chi connectivity index (χ3n) is 2.86. The molecule has 1 heterocycles. The highest BCUT2D eigenvalue weighted by molar-refractivity contribution is 9.10. The molecule has 2 aromatic carbocycles. The first-order valence-corrected chi connectivity index (χ1v) is 7.46. The van der Waals surface area contributed by atoms with Crippen molar-refractivity contribution in [1.82, 2.24) is 10.2 Å². The van der Waals surface area contributed by atoms with E-state index in [-0.39, 0.29) is 6.01 Å². The second-order valence-corrected chi connectivity index (χ2v) is 5.68. The highest BCUT2D eigenvalue weighted by atomic mass is 79.9. The third kappa shape index (κ3) is 3.18. The molecule has 0 aliphatic rings. The molecule has 3 rings (SSSR count). The number of amides is 1. The maximum atomic E-state index is 12.1. The number of nitrogens with zero attached hydrogens (tertiary/aromatic N) is 2. The zero-order valence-corrected chi connectivity index (χ0v) is 13.4. The first kappa shape index (κ1) is 14.7. The molecule has 0 aliphatic carbocycles. The number of benzene rings is 2. The average molecular weight is 379 g/mol. The van der Waals surface area contributed by atoms with Crippen molar-refractivity contribution in [1.29, 1.82) is 0 Å². The molecule has 3 aromatic rings. The van der Waals surface area contributed by atoms with Crippen molar-refractivity contribution in [2.75, 3.05) is 5.32 Å². The summed E-state index contributed by atoms with van der Waals surface area (Å²) in [6.45, 7) is 0. The van der Waals surface area contributed by atoms with E-state index in [9.17, 15) is 4.79 Å². The van der Waals surface area contributed by atoms with Gasteiger partial charge in [0, 0.05) is 10.0 Å². The van der Waals surface area contributed by atoms with Crippen LogP contribution in [-0.4, -0.2) is 16.1 Å². The first-order valence-electron chi connectivity index (χ1n) is 6.29. The predicted octanol–water partition coefficient (Wildman–Crippen LogP) is 4.40. The number of hydrogen-bond donors (Lipinski definition) is 1. The summed E-state index contributed by atoms with van der Waals surface area (Å²) in [5.74, 6) is -0.0847. The van der Waals surface area contributed by atoms with E-state index in [1.807, 2.05) is 24.3 Å². The van der Waals surface area contributed by atoms with Gasteiger partial charge in [0.1, 0.15) is 0 Å². The Labute approximate surface area is 139 Å². The largest absolute Gasteiger partial charge is 0.403 e. The molecule has 0 radical (unpaired) electrons. The van der Waals surface area contributed by atoms with Crippen LogP contribution in [0, 0.1) is 0 Å². The van der Waals surface area contributed by atoms with Gasteiger partial charge in [-0.1, -0.05) is 44.8 Å². The van der Waals surface area contributed by atoms with E-state index < -0.39 is 5.91 Å². The van der Waals surface area contributed by atoms with Gasteiger partial charge in [-0.3, -0.25) is 10.1 Å². The number of carbonyl (C=O) groups excluding carboxylic acids is 1. The zero-order chi connectivity index (χ0) is 15.5. The number of anilines is 1. The van der Waals surface area contributed by atoms with Gasteiger partial charge in [-0.15, -0.1) is 5.10 Å². The Morgan fingerprint density at radius 2 is 1.82 bits per heavy atom. The van der Waals surface area contributed by atoms with Crippen molar-refractivity contribution < 1.29 is 9.21 Å². The Morgan fingerprint density at radius 3 is 2.55 bits per heavy atom. The Kier molecular flexibility index (Phi) is 4.22. The van der Waals surface area contributed by atoms with Gasteiger partial charge < -0.3 is 4.42 Å². The van der Waals surface area contributed by atoms with Crippen molar-refractivity contribution in [3.05, 3.63) is 63.6 Å². The molecule has 0 atom stereocenters. The van der Waals surface area contributed by atoms with Crippen LogP contribution in [0.5, 0.6) is 0 Å². The zero-order valence-electron chi connectivity index (χ0n) is 11.1. The number of halogens is 2. The minimum Gasteiger partial charge on any atom is -0.403 e. The lowest BCUT2D eigenvalue weighted by atomic mass is 10.2. The van der Waals surface area contributed by atoms with Gasteiger partial charge in [-0.05, 0) is 36.4 Å². The minimum absolute atomic E-state index is 0.0165. The molecule has 1 amide bonds. The summed E-state index contributed by atoms with van der Waals surface area (Å²) in [5, 5.41) is 10.6. The quantitative estimate of drug-likeness (QED) is 0.733. The van der Waals surface area contributed by atoms with Crippen LogP contribution >= 0.6 is 27.5 Å². The van der Waals surface area contributed by atoms with Gasteiger partial charge in [0.25, 0.3) is 5.91 Å². The van der Waals surface area contributed by atoms with Gasteiger partial charge in [0.05, 0.1) is 10.6 Å². The molecule has 5 nitrogen and oxygen atoms in total. The lowest BCUT2D eigenvalue weighted by Gasteiger charge is -2.02. The molecule has 0 saturated carbocycles. The second-order valence-electron chi connectivity index (χ2n) is 4.35. The molecular weight excluding hydrogens is 370 g/mol. The fourth-order valence-corrected chi connectivity index (χ4v) is 2.28. The number of aromatic nitrogens is 2. The normalized spacial score (nSPS) is 10.5. The van der Waals surface area contributed by atoms with Crippen molar-refractivity contribution in [2.45, 2.75) is 0 Å². The summed E-state index contributed by atoms with van der Waals surface area (Å²) in [5.41, 5.74) is 1.10. The van der Waals surface area contributed by atoms with Crippen LogP contribution in [0.1, 0.15) is 10.4 Å². The summed E-state index contributed by atoms with van der Waals surface area (Å²) < 4.78 is 6.38. The molecule has 0 unspecified atom stereocenters. The molecule has 0 aliphatic heterocycles. The van der Waals surface area contributed by atoms with Crippen molar-refractivity contribution in [3.63, 3.8) is 0 Å². The van der Waals surface area contributed by atoms with Crippen LogP contribution < -0.4 is 5.32 Å². The van der Waals surface area contributed by atoms with Crippen LogP contribution in [-0.2, 0) is 0 Å². The molecule has 0 spiro atoms. The summed E-state index contributed by atoms with van der Waals surface area (Å²) in [6.07, 6.45) is 0. The Balaban J connectivity index is 1.78. The molecule has 1 N–H and O–H groups in total. The SMILES string of the molecule is O=C(Nc1nnc(-c2ccc(Br)cc2)o1)c1ccccc1Cl. The number of carbonyl (C=O) groups is 1. The molecule has 110 valence electrons. The standard InChI is InChI=1S/C15H9BrClN3O2/c16-10-7-5-9(6-8-10)14-19-20-15(22-14)18-13(21)11-3-1-2-4-12(11)17/h1-8H,(H,18,20,21). The van der Waals surface area contributed by atoms with Gasteiger partial charge in [0.15, 0.2) is 0 Å². The van der Waals surface area contributed by atoms with Crippen molar-refractivity contribution >= 4 is 39.5 Å². The molecule has 0 fully saturated rings. The highest BCUT2D eigenvalue weighted by Gasteiger charge is 2.14. The summed E-state index contributed by atoms with van der Waals surface area (Å²) >= 11 is 9.32. The second kappa shape index (κ2) is 6.29. The van der Waals surface area contributed by atoms with Gasteiger partial charge in [0.2, 0.25) is 5.89 Å². The Hall–Kier alpha value is -2.18. The van der Waals surface area contributed by atoms with E-state index in [0.29, 0.717) is 16.5 Å². The molecule has 7 heteroatoms. The van der Waals surface area contributed by atoms with Gasteiger partial charge in [-0.25, -0.2) is 0 Å². The average Bonchev–Trinajstić information content (AvgIpc) is 2.97. The topological polar surface area (TPSA) is 68.0 Å². The van der Waals surface area contributed by atoms with E-state index in [4.69, 9.17) is 16.0 Å². The Morgan fingerprint density at radius 1 is 1.09 bits per heavy atom. The highest BCUT2D eigenvalue weighted by Crippen LogP contribution is 2.22. The third-order valence-corrected chi connectivity index (χ3v) is 3.71. The lowest BCUT2D eigenvalue weighted by molar-refractivity contribution is 0.102. The van der Waals surface area contributed by atoms with Crippen molar-refractivity contribution in [2.24, 2.45) is 0 Å². The van der Waals surface area contributed by atoms with E-state index >= 15 is 0 Å². The smallest absolute Gasteiger partial charge is 0.322 e. The van der Waals surface area contributed by atoms with Crippen molar-refractivity contribution in [3.8, 4) is 11.5 Å². The molecule has 0 saturated heterocycles. The number of hydrogen-bond acceptors (Lipinski definition) is 4. The molecule has 0 bridgehead atoms. The summed E-state index contributed by atoms with van der Waals surface area (Å²) in [6, 6.07) is 14.1. The monoisotopic (exact) mass is 377 g/mol. The van der Waals surface area contributed by atoms with Gasteiger partial charge in [-0.2, -0.15) is 0 Å². The summed E-state index contributed by atoms with van der Waals surface area (Å²) in [7, 11) is 0. The first-order chi connectivity index (χ1) is 10.6.